The number of anilines is 1. The Bertz CT molecular complexity index is 596. The van der Waals surface area contributed by atoms with Crippen LogP contribution in [0.25, 0.3) is 0 Å². The minimum atomic E-state index is -0.173. The van der Waals surface area contributed by atoms with E-state index in [0.29, 0.717) is 11.6 Å². The van der Waals surface area contributed by atoms with E-state index in [2.05, 4.69) is 24.1 Å². The molecule has 2 aromatic rings. The van der Waals surface area contributed by atoms with Gasteiger partial charge in [0.2, 0.25) is 11.8 Å². The van der Waals surface area contributed by atoms with Gasteiger partial charge < -0.3 is 10.1 Å². The number of aromatic nitrogens is 1. The lowest BCUT2D eigenvalue weighted by Crippen LogP contribution is -2.26. The quantitative estimate of drug-likeness (QED) is 0.881. The number of methoxy groups -OCH3 is 1. The van der Waals surface area contributed by atoms with Crippen molar-refractivity contribution < 1.29 is 9.53 Å². The molecular weight excluding hydrogens is 276 g/mol. The summed E-state index contributed by atoms with van der Waals surface area (Å²) < 4.78 is 5.02. The number of nitrogens with one attached hydrogen (secondary N) is 1. The Balaban J connectivity index is 2.18. The van der Waals surface area contributed by atoms with Crippen molar-refractivity contribution in [1.29, 1.82) is 0 Å². The Morgan fingerprint density at radius 1 is 1.23 bits per heavy atom. The van der Waals surface area contributed by atoms with Crippen LogP contribution in [-0.4, -0.2) is 18.0 Å². The number of carbonyl (C=O) groups excluding carboxylic acids is 1. The molecule has 0 saturated heterocycles. The van der Waals surface area contributed by atoms with Crippen LogP contribution in [0.4, 0.5) is 5.69 Å². The molecule has 0 fully saturated rings. The summed E-state index contributed by atoms with van der Waals surface area (Å²) in [5.41, 5.74) is 1.71. The lowest BCUT2D eigenvalue weighted by molar-refractivity contribution is -0.118. The largest absolute Gasteiger partial charge is 0.481 e. The maximum Gasteiger partial charge on any atom is 0.232 e. The van der Waals surface area contributed by atoms with Gasteiger partial charge in [-0.25, -0.2) is 4.98 Å². The maximum absolute atomic E-state index is 12.7. The molecule has 0 aliphatic carbocycles. The number of ether oxygens (including phenoxy) is 1. The van der Waals surface area contributed by atoms with Crippen LogP contribution in [0.3, 0.4) is 0 Å². The molecule has 0 aliphatic rings. The molecule has 4 nitrogen and oxygen atoms in total. The summed E-state index contributed by atoms with van der Waals surface area (Å²) in [6, 6.07) is 13.4. The van der Waals surface area contributed by atoms with E-state index in [1.165, 1.54) is 0 Å². The van der Waals surface area contributed by atoms with Gasteiger partial charge in [0, 0.05) is 6.07 Å². The second-order valence-corrected chi connectivity index (χ2v) is 5.35. The number of pyridine rings is 1. The third-order valence-corrected chi connectivity index (χ3v) is 3.87. The van der Waals surface area contributed by atoms with Gasteiger partial charge in [-0.15, -0.1) is 0 Å². The Labute approximate surface area is 131 Å². The fourth-order valence-corrected chi connectivity index (χ4v) is 2.43. The van der Waals surface area contributed by atoms with Gasteiger partial charge in [0.25, 0.3) is 0 Å². The summed E-state index contributed by atoms with van der Waals surface area (Å²) in [5.74, 6) is 0.606. The average Bonchev–Trinajstić information content (AvgIpc) is 2.56. The zero-order valence-corrected chi connectivity index (χ0v) is 13.2. The molecule has 116 valence electrons. The molecule has 2 atom stereocenters. The Kier molecular flexibility index (Phi) is 5.53. The summed E-state index contributed by atoms with van der Waals surface area (Å²) in [6.45, 7) is 4.20. The van der Waals surface area contributed by atoms with Gasteiger partial charge in [-0.3, -0.25) is 4.79 Å². The first-order chi connectivity index (χ1) is 10.7. The number of carbonyl (C=O) groups is 1. The van der Waals surface area contributed by atoms with E-state index in [0.717, 1.165) is 12.0 Å². The molecule has 0 saturated carbocycles. The summed E-state index contributed by atoms with van der Waals surface area (Å²) in [5, 5.41) is 2.95. The first-order valence-electron chi connectivity index (χ1n) is 7.51. The maximum atomic E-state index is 12.7. The van der Waals surface area contributed by atoms with Crippen LogP contribution >= 0.6 is 0 Å². The fourth-order valence-electron chi connectivity index (χ4n) is 2.43. The molecule has 1 heterocycles. The summed E-state index contributed by atoms with van der Waals surface area (Å²) in [7, 11) is 1.56. The molecule has 0 spiro atoms. The molecule has 0 radical (unpaired) electrons. The van der Waals surface area contributed by atoms with Crippen LogP contribution < -0.4 is 10.1 Å². The van der Waals surface area contributed by atoms with E-state index in [1.54, 1.807) is 25.4 Å². The molecule has 1 aromatic carbocycles. The standard InChI is InChI=1S/C18H22N2O2/c1-4-13(2)17(14-8-6-5-7-9-14)18(21)20-15-10-11-16(22-3)19-12-15/h5-13,17H,4H2,1-3H3,(H,20,21). The van der Waals surface area contributed by atoms with E-state index >= 15 is 0 Å². The van der Waals surface area contributed by atoms with Gasteiger partial charge in [-0.05, 0) is 17.5 Å². The van der Waals surface area contributed by atoms with Crippen molar-refractivity contribution in [1.82, 2.24) is 4.98 Å². The first kappa shape index (κ1) is 16.0. The highest BCUT2D eigenvalue weighted by molar-refractivity contribution is 5.96. The molecule has 0 aliphatic heterocycles. The molecule has 4 heteroatoms. The molecule has 1 aromatic heterocycles. The number of hydrogen-bond acceptors (Lipinski definition) is 3. The summed E-state index contributed by atoms with van der Waals surface area (Å²) in [6.07, 6.45) is 2.54. The highest BCUT2D eigenvalue weighted by Crippen LogP contribution is 2.28. The van der Waals surface area contributed by atoms with Crippen LogP contribution in [0.2, 0.25) is 0 Å². The third kappa shape index (κ3) is 3.85. The van der Waals surface area contributed by atoms with Gasteiger partial charge in [-0.1, -0.05) is 50.6 Å². The van der Waals surface area contributed by atoms with Crippen molar-refractivity contribution in [3.05, 3.63) is 54.2 Å². The molecule has 1 N–H and O–H groups in total. The highest BCUT2D eigenvalue weighted by atomic mass is 16.5. The van der Waals surface area contributed by atoms with Crippen LogP contribution in [0.15, 0.2) is 48.7 Å². The molecule has 0 bridgehead atoms. The van der Waals surface area contributed by atoms with E-state index in [4.69, 9.17) is 4.74 Å². The van der Waals surface area contributed by atoms with E-state index in [1.807, 2.05) is 30.3 Å². The van der Waals surface area contributed by atoms with Crippen molar-refractivity contribution in [2.45, 2.75) is 26.2 Å². The second kappa shape index (κ2) is 7.59. The molecule has 1 amide bonds. The summed E-state index contributed by atoms with van der Waals surface area (Å²) >= 11 is 0. The van der Waals surface area contributed by atoms with Crippen LogP contribution in [0.1, 0.15) is 31.7 Å². The molecular formula is C18H22N2O2. The zero-order chi connectivity index (χ0) is 15.9. The van der Waals surface area contributed by atoms with Crippen molar-refractivity contribution in [2.75, 3.05) is 12.4 Å². The SMILES string of the molecule is CCC(C)C(C(=O)Nc1ccc(OC)nc1)c1ccccc1. The number of benzene rings is 1. The smallest absolute Gasteiger partial charge is 0.232 e. The van der Waals surface area contributed by atoms with E-state index in [9.17, 15) is 4.79 Å². The molecule has 2 unspecified atom stereocenters. The second-order valence-electron chi connectivity index (χ2n) is 5.35. The topological polar surface area (TPSA) is 51.2 Å². The monoisotopic (exact) mass is 298 g/mol. The average molecular weight is 298 g/mol. The van der Waals surface area contributed by atoms with Crippen LogP contribution in [-0.2, 0) is 4.79 Å². The number of rotatable bonds is 6. The van der Waals surface area contributed by atoms with E-state index < -0.39 is 0 Å². The normalized spacial score (nSPS) is 13.2. The minimum absolute atomic E-state index is 0.00693. The lowest BCUT2D eigenvalue weighted by Gasteiger charge is -2.22. The number of hydrogen-bond donors (Lipinski definition) is 1. The van der Waals surface area contributed by atoms with Crippen molar-refractivity contribution in [2.24, 2.45) is 5.92 Å². The third-order valence-electron chi connectivity index (χ3n) is 3.87. The minimum Gasteiger partial charge on any atom is -0.481 e. The predicted octanol–water partition coefficient (Wildman–Crippen LogP) is 3.86. The van der Waals surface area contributed by atoms with Gasteiger partial charge in [0.05, 0.1) is 24.9 Å². The summed E-state index contributed by atoms with van der Waals surface area (Å²) in [4.78, 5) is 16.8. The first-order valence-corrected chi connectivity index (χ1v) is 7.51. The Hall–Kier alpha value is -2.36. The molecule has 22 heavy (non-hydrogen) atoms. The number of amides is 1. The highest BCUT2D eigenvalue weighted by Gasteiger charge is 2.25. The van der Waals surface area contributed by atoms with Gasteiger partial charge in [0.15, 0.2) is 0 Å². The van der Waals surface area contributed by atoms with Gasteiger partial charge >= 0.3 is 0 Å². The molecule has 2 rings (SSSR count). The van der Waals surface area contributed by atoms with Gasteiger partial charge in [0.1, 0.15) is 0 Å². The Morgan fingerprint density at radius 3 is 2.50 bits per heavy atom. The van der Waals surface area contributed by atoms with Gasteiger partial charge in [-0.2, -0.15) is 0 Å². The van der Waals surface area contributed by atoms with Crippen molar-refractivity contribution >= 4 is 11.6 Å². The lowest BCUT2D eigenvalue weighted by atomic mass is 9.85. The van der Waals surface area contributed by atoms with Crippen molar-refractivity contribution in [3.63, 3.8) is 0 Å². The van der Waals surface area contributed by atoms with Crippen molar-refractivity contribution in [3.8, 4) is 5.88 Å². The zero-order valence-electron chi connectivity index (χ0n) is 13.2. The van der Waals surface area contributed by atoms with Crippen LogP contribution in [0.5, 0.6) is 5.88 Å². The van der Waals surface area contributed by atoms with E-state index in [-0.39, 0.29) is 17.7 Å². The number of nitrogens with zero attached hydrogens (tertiary/aromatic N) is 1. The van der Waals surface area contributed by atoms with Crippen LogP contribution in [0, 0.1) is 5.92 Å². The predicted molar refractivity (Wildman–Crippen MR) is 88.1 cm³/mol. The Morgan fingerprint density at radius 2 is 1.95 bits per heavy atom. The fraction of sp³-hybridized carbons (Fsp3) is 0.333.